The molecule has 0 spiro atoms. The lowest BCUT2D eigenvalue weighted by Crippen LogP contribution is -2.45. The van der Waals surface area contributed by atoms with E-state index in [-0.39, 0.29) is 11.3 Å². The lowest BCUT2D eigenvalue weighted by molar-refractivity contribution is -0.117. The molecule has 0 radical (unpaired) electrons. The molecule has 32 heavy (non-hydrogen) atoms. The molecule has 0 aliphatic carbocycles. The van der Waals surface area contributed by atoms with Crippen molar-refractivity contribution in [3.05, 3.63) is 102 Å². The van der Waals surface area contributed by atoms with Gasteiger partial charge in [-0.1, -0.05) is 66.2 Å². The Morgan fingerprint density at radius 2 is 1.62 bits per heavy atom. The standard InChI is InChI=1S/C25H23N3O3S/c1-18-12-14-21(15-13-18)27-25(29)22(17-19-7-3-2-4-8-19)28-32(30,31)23-11-5-9-20-10-6-16-26-24(20)23/h2-16,22,28H,17H2,1H3,(H,27,29)/t22-/m1/s1. The van der Waals surface area contributed by atoms with E-state index in [1.165, 1.54) is 6.07 Å². The molecular weight excluding hydrogens is 422 g/mol. The van der Waals surface area contributed by atoms with E-state index in [2.05, 4.69) is 15.0 Å². The predicted molar refractivity (Wildman–Crippen MR) is 126 cm³/mol. The molecule has 0 fully saturated rings. The third kappa shape index (κ3) is 5.01. The van der Waals surface area contributed by atoms with Crippen LogP contribution in [0.2, 0.25) is 0 Å². The number of nitrogens with zero attached hydrogens (tertiary/aromatic N) is 1. The molecule has 162 valence electrons. The van der Waals surface area contributed by atoms with Crippen molar-refractivity contribution in [3.8, 4) is 0 Å². The molecule has 1 atom stereocenters. The van der Waals surface area contributed by atoms with Crippen molar-refractivity contribution < 1.29 is 13.2 Å². The van der Waals surface area contributed by atoms with Gasteiger partial charge in [-0.3, -0.25) is 9.78 Å². The number of pyridine rings is 1. The lowest BCUT2D eigenvalue weighted by Gasteiger charge is -2.19. The minimum absolute atomic E-state index is 0.0387. The lowest BCUT2D eigenvalue weighted by atomic mass is 10.1. The molecule has 4 rings (SSSR count). The zero-order valence-corrected chi connectivity index (χ0v) is 18.3. The van der Waals surface area contributed by atoms with Gasteiger partial charge in [-0.25, -0.2) is 8.42 Å². The molecule has 6 nitrogen and oxygen atoms in total. The van der Waals surface area contributed by atoms with Crippen molar-refractivity contribution in [2.75, 3.05) is 5.32 Å². The first-order chi connectivity index (χ1) is 15.4. The number of nitrogens with one attached hydrogen (secondary N) is 2. The number of hydrogen-bond donors (Lipinski definition) is 2. The molecule has 7 heteroatoms. The number of aromatic nitrogens is 1. The summed E-state index contributed by atoms with van der Waals surface area (Å²) >= 11 is 0. The topological polar surface area (TPSA) is 88.2 Å². The molecule has 0 saturated heterocycles. The second-order valence-electron chi connectivity index (χ2n) is 7.55. The molecule has 1 heterocycles. The van der Waals surface area contributed by atoms with Gasteiger partial charge >= 0.3 is 0 Å². The summed E-state index contributed by atoms with van der Waals surface area (Å²) in [6, 6.07) is 24.1. The molecule has 1 amide bonds. The van der Waals surface area contributed by atoms with Crippen molar-refractivity contribution in [2.45, 2.75) is 24.3 Å². The molecule has 4 aromatic rings. The van der Waals surface area contributed by atoms with Gasteiger partial charge in [0.2, 0.25) is 15.9 Å². The molecule has 0 bridgehead atoms. The smallest absolute Gasteiger partial charge is 0.243 e. The highest BCUT2D eigenvalue weighted by atomic mass is 32.2. The van der Waals surface area contributed by atoms with Crippen LogP contribution in [0, 0.1) is 6.92 Å². The SMILES string of the molecule is Cc1ccc(NC(=O)[C@@H](Cc2ccccc2)NS(=O)(=O)c2cccc3cccnc23)cc1. The molecule has 0 aliphatic rings. The molecule has 1 aromatic heterocycles. The van der Waals surface area contributed by atoms with Gasteiger partial charge in [-0.15, -0.1) is 0 Å². The third-order valence-electron chi connectivity index (χ3n) is 5.10. The minimum atomic E-state index is -4.02. The van der Waals surface area contributed by atoms with Crippen molar-refractivity contribution in [2.24, 2.45) is 0 Å². The van der Waals surface area contributed by atoms with Crippen LogP contribution in [0.5, 0.6) is 0 Å². The summed E-state index contributed by atoms with van der Waals surface area (Å²) < 4.78 is 29.2. The summed E-state index contributed by atoms with van der Waals surface area (Å²) in [5.41, 5.74) is 2.87. The minimum Gasteiger partial charge on any atom is -0.325 e. The second-order valence-corrected chi connectivity index (χ2v) is 9.23. The Balaban J connectivity index is 1.65. The highest BCUT2D eigenvalue weighted by Crippen LogP contribution is 2.21. The molecule has 0 aliphatic heterocycles. The number of hydrogen-bond acceptors (Lipinski definition) is 4. The van der Waals surface area contributed by atoms with Crippen molar-refractivity contribution >= 4 is 32.5 Å². The first-order valence-corrected chi connectivity index (χ1v) is 11.7. The van der Waals surface area contributed by atoms with E-state index in [0.717, 1.165) is 11.1 Å². The van der Waals surface area contributed by atoms with Crippen LogP contribution >= 0.6 is 0 Å². The molecular formula is C25H23N3O3S. The number of para-hydroxylation sites is 1. The van der Waals surface area contributed by atoms with Crippen LogP contribution in [0.15, 0.2) is 96.0 Å². The van der Waals surface area contributed by atoms with E-state index in [9.17, 15) is 13.2 Å². The summed E-state index contributed by atoms with van der Waals surface area (Å²) in [5.74, 6) is -0.436. The van der Waals surface area contributed by atoms with E-state index >= 15 is 0 Å². The number of sulfonamides is 1. The van der Waals surface area contributed by atoms with Gasteiger partial charge in [-0.05, 0) is 43.2 Å². The summed E-state index contributed by atoms with van der Waals surface area (Å²) in [6.07, 6.45) is 1.75. The predicted octanol–water partition coefficient (Wildman–Crippen LogP) is 4.07. The van der Waals surface area contributed by atoms with E-state index in [4.69, 9.17) is 0 Å². The number of aryl methyl sites for hydroxylation is 1. The number of carbonyl (C=O) groups excluding carboxylic acids is 1. The highest BCUT2D eigenvalue weighted by molar-refractivity contribution is 7.89. The van der Waals surface area contributed by atoms with Crippen LogP contribution in [-0.4, -0.2) is 25.4 Å². The van der Waals surface area contributed by atoms with Crippen LogP contribution in [0.4, 0.5) is 5.69 Å². The first-order valence-electron chi connectivity index (χ1n) is 10.2. The highest BCUT2D eigenvalue weighted by Gasteiger charge is 2.27. The largest absolute Gasteiger partial charge is 0.325 e. The molecule has 0 unspecified atom stereocenters. The van der Waals surface area contributed by atoms with Gasteiger partial charge in [0.1, 0.15) is 10.9 Å². The van der Waals surface area contributed by atoms with Crippen molar-refractivity contribution in [1.82, 2.24) is 9.71 Å². The number of carbonyl (C=O) groups is 1. The average molecular weight is 446 g/mol. The Morgan fingerprint density at radius 3 is 2.38 bits per heavy atom. The van der Waals surface area contributed by atoms with Gasteiger partial charge in [0.15, 0.2) is 0 Å². The molecule has 2 N–H and O–H groups in total. The average Bonchev–Trinajstić information content (AvgIpc) is 2.80. The van der Waals surface area contributed by atoms with Crippen LogP contribution in [0.3, 0.4) is 0 Å². The van der Waals surface area contributed by atoms with Gasteiger partial charge in [0, 0.05) is 17.3 Å². The van der Waals surface area contributed by atoms with Crippen molar-refractivity contribution in [1.29, 1.82) is 0 Å². The second kappa shape index (κ2) is 9.30. The maximum atomic E-state index is 13.3. The van der Waals surface area contributed by atoms with E-state index in [1.807, 2.05) is 49.4 Å². The fraction of sp³-hybridized carbons (Fsp3) is 0.120. The third-order valence-corrected chi connectivity index (χ3v) is 6.60. The fourth-order valence-corrected chi connectivity index (χ4v) is 4.82. The summed E-state index contributed by atoms with van der Waals surface area (Å²) in [7, 11) is -4.02. The number of amides is 1. The summed E-state index contributed by atoms with van der Waals surface area (Å²) in [6.45, 7) is 1.95. The zero-order chi connectivity index (χ0) is 22.6. The van der Waals surface area contributed by atoms with Crippen LogP contribution in [0.25, 0.3) is 10.9 Å². The monoisotopic (exact) mass is 445 g/mol. The van der Waals surface area contributed by atoms with Crippen molar-refractivity contribution in [3.63, 3.8) is 0 Å². The van der Waals surface area contributed by atoms with Crippen LogP contribution < -0.4 is 10.0 Å². The van der Waals surface area contributed by atoms with Gasteiger partial charge in [0.05, 0.1) is 5.52 Å². The molecule has 3 aromatic carbocycles. The number of rotatable bonds is 7. The van der Waals surface area contributed by atoms with Crippen LogP contribution in [0.1, 0.15) is 11.1 Å². The van der Waals surface area contributed by atoms with Gasteiger partial charge in [0.25, 0.3) is 0 Å². The van der Waals surface area contributed by atoms with Gasteiger partial charge in [-0.2, -0.15) is 4.72 Å². The summed E-state index contributed by atoms with van der Waals surface area (Å²) in [4.78, 5) is 17.4. The maximum Gasteiger partial charge on any atom is 0.243 e. The maximum absolute atomic E-state index is 13.3. The van der Waals surface area contributed by atoms with Gasteiger partial charge < -0.3 is 5.32 Å². The Bertz CT molecular complexity index is 1330. The Kier molecular flexibility index (Phi) is 6.30. The van der Waals surface area contributed by atoms with E-state index in [0.29, 0.717) is 16.6 Å². The first kappa shape index (κ1) is 21.7. The Morgan fingerprint density at radius 1 is 0.906 bits per heavy atom. The number of benzene rings is 3. The molecule has 0 saturated carbocycles. The fourth-order valence-electron chi connectivity index (χ4n) is 3.45. The number of fused-ring (bicyclic) bond motifs is 1. The summed E-state index contributed by atoms with van der Waals surface area (Å²) in [5, 5.41) is 3.53. The van der Waals surface area contributed by atoms with E-state index in [1.54, 1.807) is 42.6 Å². The van der Waals surface area contributed by atoms with E-state index < -0.39 is 22.0 Å². The van der Waals surface area contributed by atoms with Crippen LogP contribution in [-0.2, 0) is 21.2 Å². The Hall–Kier alpha value is -3.55. The normalized spacial score (nSPS) is 12.4. The number of anilines is 1. The Labute approximate surface area is 187 Å². The quantitative estimate of drug-likeness (QED) is 0.449. The zero-order valence-electron chi connectivity index (χ0n) is 17.5.